The van der Waals surface area contributed by atoms with Crippen molar-refractivity contribution in [3.8, 4) is 0 Å². The Bertz CT molecular complexity index is 317. The van der Waals surface area contributed by atoms with Crippen molar-refractivity contribution >= 4 is 11.9 Å². The van der Waals surface area contributed by atoms with Crippen LogP contribution in [0.25, 0.3) is 0 Å². The lowest BCUT2D eigenvalue weighted by molar-refractivity contribution is -0.309. The maximum Gasteiger partial charge on any atom is 0.330 e. The SMILES string of the molecule is CCCOC(=O)C=CC1C(C(=O)[O-])C1(C)C. The van der Waals surface area contributed by atoms with E-state index in [4.69, 9.17) is 4.74 Å². The highest BCUT2D eigenvalue weighted by molar-refractivity contribution is 5.82. The van der Waals surface area contributed by atoms with E-state index in [1.165, 1.54) is 6.08 Å². The monoisotopic (exact) mass is 225 g/mol. The molecule has 0 radical (unpaired) electrons. The van der Waals surface area contributed by atoms with Crippen LogP contribution in [-0.4, -0.2) is 18.5 Å². The summed E-state index contributed by atoms with van der Waals surface area (Å²) in [5.74, 6) is -2.10. The standard InChI is InChI=1S/C12H18O4/c1-4-7-16-9(13)6-5-8-10(11(14)15)12(8,2)3/h5-6,8,10H,4,7H2,1-3H3,(H,14,15)/p-1. The molecule has 0 aromatic heterocycles. The zero-order chi connectivity index (χ0) is 12.3. The predicted molar refractivity (Wildman–Crippen MR) is 56.2 cm³/mol. The van der Waals surface area contributed by atoms with Crippen LogP contribution in [0.4, 0.5) is 0 Å². The molecule has 1 aliphatic carbocycles. The summed E-state index contributed by atoms with van der Waals surface area (Å²) in [5, 5.41) is 10.7. The summed E-state index contributed by atoms with van der Waals surface area (Å²) in [6.45, 7) is 5.99. The number of carboxylic acid groups (broad SMARTS) is 1. The highest BCUT2D eigenvalue weighted by Crippen LogP contribution is 2.58. The molecular weight excluding hydrogens is 208 g/mol. The first-order chi connectivity index (χ1) is 7.41. The lowest BCUT2D eigenvalue weighted by Crippen LogP contribution is -2.26. The quantitative estimate of drug-likeness (QED) is 0.505. The predicted octanol–water partition coefficient (Wildman–Crippen LogP) is 0.518. The third-order valence-electron chi connectivity index (χ3n) is 3.05. The zero-order valence-corrected chi connectivity index (χ0v) is 9.86. The summed E-state index contributed by atoms with van der Waals surface area (Å²) in [4.78, 5) is 21.9. The average Bonchev–Trinajstić information content (AvgIpc) is 2.74. The molecule has 0 heterocycles. The number of aliphatic carboxylic acids is 1. The number of carbonyl (C=O) groups excluding carboxylic acids is 2. The Morgan fingerprint density at radius 1 is 1.44 bits per heavy atom. The van der Waals surface area contributed by atoms with Gasteiger partial charge in [-0.1, -0.05) is 26.8 Å². The van der Waals surface area contributed by atoms with Crippen LogP contribution in [-0.2, 0) is 14.3 Å². The maximum absolute atomic E-state index is 11.1. The van der Waals surface area contributed by atoms with Crippen molar-refractivity contribution in [2.75, 3.05) is 6.61 Å². The number of esters is 1. The fourth-order valence-corrected chi connectivity index (χ4v) is 1.92. The molecule has 0 N–H and O–H groups in total. The summed E-state index contributed by atoms with van der Waals surface area (Å²) in [5.41, 5.74) is -0.319. The van der Waals surface area contributed by atoms with E-state index in [1.54, 1.807) is 6.08 Å². The van der Waals surface area contributed by atoms with E-state index in [2.05, 4.69) is 0 Å². The summed E-state index contributed by atoms with van der Waals surface area (Å²) in [6.07, 6.45) is 3.69. The van der Waals surface area contributed by atoms with Crippen LogP contribution in [0.15, 0.2) is 12.2 Å². The molecule has 0 bridgehead atoms. The van der Waals surface area contributed by atoms with Crippen molar-refractivity contribution in [1.29, 1.82) is 0 Å². The third-order valence-corrected chi connectivity index (χ3v) is 3.05. The van der Waals surface area contributed by atoms with Gasteiger partial charge in [-0.2, -0.15) is 0 Å². The molecule has 1 saturated carbocycles. The van der Waals surface area contributed by atoms with Crippen LogP contribution in [0.5, 0.6) is 0 Å². The van der Waals surface area contributed by atoms with Crippen molar-refractivity contribution in [1.82, 2.24) is 0 Å². The molecule has 1 fully saturated rings. The summed E-state index contributed by atoms with van der Waals surface area (Å²) >= 11 is 0. The molecule has 4 heteroatoms. The van der Waals surface area contributed by atoms with Crippen LogP contribution in [0.3, 0.4) is 0 Å². The molecule has 1 aliphatic rings. The van der Waals surface area contributed by atoms with Crippen molar-refractivity contribution in [2.24, 2.45) is 17.3 Å². The van der Waals surface area contributed by atoms with E-state index in [1.807, 2.05) is 20.8 Å². The van der Waals surface area contributed by atoms with Gasteiger partial charge >= 0.3 is 5.97 Å². The number of hydrogen-bond donors (Lipinski definition) is 0. The van der Waals surface area contributed by atoms with Crippen LogP contribution < -0.4 is 5.11 Å². The van der Waals surface area contributed by atoms with Crippen molar-refractivity contribution in [2.45, 2.75) is 27.2 Å². The van der Waals surface area contributed by atoms with E-state index in [-0.39, 0.29) is 11.3 Å². The number of rotatable bonds is 5. The lowest BCUT2D eigenvalue weighted by Gasteiger charge is -2.01. The number of allylic oxidation sites excluding steroid dienone is 1. The Kier molecular flexibility index (Phi) is 3.73. The minimum absolute atomic E-state index is 0.133. The van der Waals surface area contributed by atoms with E-state index < -0.39 is 17.9 Å². The molecule has 1 rings (SSSR count). The molecule has 2 atom stereocenters. The normalized spacial score (nSPS) is 26.7. The smallest absolute Gasteiger partial charge is 0.330 e. The van der Waals surface area contributed by atoms with Crippen molar-refractivity contribution in [3.63, 3.8) is 0 Å². The maximum atomic E-state index is 11.1. The van der Waals surface area contributed by atoms with Gasteiger partial charge in [-0.25, -0.2) is 4.79 Å². The molecule has 90 valence electrons. The Hall–Kier alpha value is -1.32. The van der Waals surface area contributed by atoms with E-state index in [0.717, 1.165) is 6.42 Å². The molecule has 0 aromatic rings. The second-order valence-electron chi connectivity index (χ2n) is 4.67. The Morgan fingerprint density at radius 2 is 2.06 bits per heavy atom. The van der Waals surface area contributed by atoms with Crippen LogP contribution in [0.2, 0.25) is 0 Å². The minimum atomic E-state index is -1.05. The van der Waals surface area contributed by atoms with Crippen LogP contribution in [0, 0.1) is 17.3 Å². The van der Waals surface area contributed by atoms with Crippen molar-refractivity contribution in [3.05, 3.63) is 12.2 Å². The van der Waals surface area contributed by atoms with Gasteiger partial charge in [-0.3, -0.25) is 0 Å². The number of hydrogen-bond acceptors (Lipinski definition) is 4. The van der Waals surface area contributed by atoms with Gasteiger partial charge in [0.2, 0.25) is 0 Å². The Morgan fingerprint density at radius 3 is 2.50 bits per heavy atom. The first-order valence-electron chi connectivity index (χ1n) is 5.47. The highest BCUT2D eigenvalue weighted by Gasteiger charge is 2.56. The number of ether oxygens (including phenoxy) is 1. The second kappa shape index (κ2) is 4.68. The van der Waals surface area contributed by atoms with Gasteiger partial charge in [0.1, 0.15) is 0 Å². The van der Waals surface area contributed by atoms with Gasteiger partial charge in [-0.05, 0) is 17.8 Å². The molecule has 2 unspecified atom stereocenters. The van der Waals surface area contributed by atoms with Gasteiger partial charge in [0.25, 0.3) is 0 Å². The summed E-state index contributed by atoms with van der Waals surface area (Å²) in [7, 11) is 0. The molecule has 4 nitrogen and oxygen atoms in total. The first-order valence-corrected chi connectivity index (χ1v) is 5.47. The van der Waals surface area contributed by atoms with Gasteiger partial charge in [-0.15, -0.1) is 0 Å². The summed E-state index contributed by atoms with van der Waals surface area (Å²) < 4.78 is 4.84. The van der Waals surface area contributed by atoms with Gasteiger partial charge in [0.15, 0.2) is 0 Å². The van der Waals surface area contributed by atoms with Crippen LogP contribution >= 0.6 is 0 Å². The second-order valence-corrected chi connectivity index (χ2v) is 4.67. The number of carboxylic acids is 1. The van der Waals surface area contributed by atoms with E-state index >= 15 is 0 Å². The lowest BCUT2D eigenvalue weighted by atomic mass is 10.1. The fraction of sp³-hybridized carbons (Fsp3) is 0.667. The van der Waals surface area contributed by atoms with Gasteiger partial charge in [0.05, 0.1) is 6.61 Å². The molecule has 0 spiro atoms. The zero-order valence-electron chi connectivity index (χ0n) is 9.86. The average molecular weight is 225 g/mol. The third kappa shape index (κ3) is 2.62. The first kappa shape index (κ1) is 12.7. The largest absolute Gasteiger partial charge is 0.550 e. The Balaban J connectivity index is 2.47. The molecule has 16 heavy (non-hydrogen) atoms. The molecule has 0 aliphatic heterocycles. The number of carbonyl (C=O) groups is 2. The topological polar surface area (TPSA) is 66.4 Å². The molecule has 0 amide bonds. The van der Waals surface area contributed by atoms with E-state index in [9.17, 15) is 14.7 Å². The van der Waals surface area contributed by atoms with Crippen LogP contribution in [0.1, 0.15) is 27.2 Å². The van der Waals surface area contributed by atoms with Gasteiger partial charge in [0, 0.05) is 18.0 Å². The van der Waals surface area contributed by atoms with E-state index in [0.29, 0.717) is 6.61 Å². The molecule has 0 aromatic carbocycles. The van der Waals surface area contributed by atoms with Gasteiger partial charge < -0.3 is 14.6 Å². The molecular formula is C12H17O4-. The Labute approximate surface area is 95.3 Å². The minimum Gasteiger partial charge on any atom is -0.550 e. The highest BCUT2D eigenvalue weighted by atomic mass is 16.5. The molecule has 0 saturated heterocycles. The fourth-order valence-electron chi connectivity index (χ4n) is 1.92. The summed E-state index contributed by atoms with van der Waals surface area (Å²) in [6, 6.07) is 0. The van der Waals surface area contributed by atoms with Crippen molar-refractivity contribution < 1.29 is 19.4 Å².